The molecule has 0 spiro atoms. The number of carbonyl (C=O) groups is 1. The number of aliphatic carboxylic acids is 1. The van der Waals surface area contributed by atoms with E-state index in [0.717, 1.165) is 48.6 Å². The Morgan fingerprint density at radius 1 is 1.10 bits per heavy atom. The zero-order valence-electron chi connectivity index (χ0n) is 23.6. The molecule has 1 aliphatic rings. The molecule has 40 heavy (non-hydrogen) atoms. The summed E-state index contributed by atoms with van der Waals surface area (Å²) in [6.45, 7) is 8.04. The summed E-state index contributed by atoms with van der Waals surface area (Å²) in [7, 11) is 4.09. The van der Waals surface area contributed by atoms with Gasteiger partial charge in [0.25, 0.3) is 0 Å². The van der Waals surface area contributed by atoms with Crippen molar-refractivity contribution < 1.29 is 27.8 Å². The lowest BCUT2D eigenvalue weighted by Gasteiger charge is -2.36. The molecule has 8 nitrogen and oxygen atoms in total. The van der Waals surface area contributed by atoms with E-state index in [1.165, 1.54) is 12.1 Å². The van der Waals surface area contributed by atoms with Gasteiger partial charge in [0.2, 0.25) is 5.95 Å². The van der Waals surface area contributed by atoms with Crippen molar-refractivity contribution in [3.8, 4) is 17.1 Å². The van der Waals surface area contributed by atoms with Crippen molar-refractivity contribution in [1.29, 1.82) is 0 Å². The minimum absolute atomic E-state index is 0.219. The summed E-state index contributed by atoms with van der Waals surface area (Å²) in [4.78, 5) is 18.8. The number of likely N-dealkylation sites (tertiary alicyclic amines) is 1. The number of hydrogen-bond donors (Lipinski definition) is 1. The Balaban J connectivity index is 0.000000559. The van der Waals surface area contributed by atoms with Gasteiger partial charge in [-0.3, -0.25) is 0 Å². The average molecular weight is 562 g/mol. The molecule has 2 heterocycles. The minimum Gasteiger partial charge on any atom is -0.493 e. The van der Waals surface area contributed by atoms with Crippen LogP contribution >= 0.6 is 0 Å². The number of ether oxygens (including phenoxy) is 1. The maximum Gasteiger partial charge on any atom is 0.374 e. The first-order valence-electron chi connectivity index (χ1n) is 13.3. The van der Waals surface area contributed by atoms with Crippen molar-refractivity contribution in [2.45, 2.75) is 52.1 Å². The van der Waals surface area contributed by atoms with Gasteiger partial charge in [0.05, 0.1) is 6.61 Å². The fraction of sp³-hybridized carbons (Fsp3) is 0.483. The molecule has 0 radical (unpaired) electrons. The molecule has 4 rings (SSSR count). The first kappa shape index (κ1) is 30.9. The normalized spacial score (nSPS) is 14.5. The van der Waals surface area contributed by atoms with Crippen molar-refractivity contribution in [1.82, 2.24) is 19.7 Å². The molecule has 1 saturated heterocycles. The molecule has 1 fully saturated rings. The minimum atomic E-state index is -3.58. The molecule has 1 N–H and O–H groups in total. The van der Waals surface area contributed by atoms with Gasteiger partial charge in [-0.05, 0) is 80.9 Å². The first-order chi connectivity index (χ1) is 18.8. The molecule has 0 unspecified atom stereocenters. The Morgan fingerprint density at radius 3 is 2.20 bits per heavy atom. The fourth-order valence-electron chi connectivity index (χ4n) is 4.16. The van der Waals surface area contributed by atoms with Crippen LogP contribution in [0.4, 0.5) is 19.1 Å². The Morgan fingerprint density at radius 2 is 1.68 bits per heavy atom. The van der Waals surface area contributed by atoms with Crippen LogP contribution in [0.15, 0.2) is 48.5 Å². The number of carboxylic acid groups (broad SMARTS) is 1. The number of halogens is 3. The summed E-state index contributed by atoms with van der Waals surface area (Å²) in [6, 6.07) is 15.1. The van der Waals surface area contributed by atoms with Gasteiger partial charge < -0.3 is 19.6 Å². The van der Waals surface area contributed by atoms with Gasteiger partial charge in [-0.1, -0.05) is 26.0 Å². The summed E-state index contributed by atoms with van der Waals surface area (Å²) in [5.74, 6) is -3.02. The van der Waals surface area contributed by atoms with E-state index in [1.807, 2.05) is 48.1 Å². The number of benzene rings is 2. The molecule has 1 aromatic heterocycles. The van der Waals surface area contributed by atoms with E-state index in [4.69, 9.17) is 19.9 Å². The molecule has 2 aromatic carbocycles. The second kappa shape index (κ2) is 13.6. The number of carboxylic acids is 1. The summed E-state index contributed by atoms with van der Waals surface area (Å²) >= 11 is 0. The molecule has 0 amide bonds. The molecular formula is C29H38F3N5O3. The molecule has 0 bridgehead atoms. The number of rotatable bonds is 9. The third kappa shape index (κ3) is 8.97. The Kier molecular flexibility index (Phi) is 10.6. The standard InChI is InChI=1S/C26H34FN5O.C3H4F2O2/c1-19(2)18-33-24-11-7-21(8-12-24)25-28-26(29-31(25)4)32(23-13-15-30(3)16-14-23)17-20-5-9-22(27)10-6-20;1-3(4,5)2(6)7/h5-12,19,23H,13-18H2,1-4H3;1H3,(H,6,7). The molecule has 0 atom stereocenters. The van der Waals surface area contributed by atoms with E-state index in [0.29, 0.717) is 38.0 Å². The molecular weight excluding hydrogens is 523 g/mol. The number of anilines is 1. The number of aromatic nitrogens is 3. The highest BCUT2D eigenvalue weighted by atomic mass is 19.3. The summed E-state index contributed by atoms with van der Waals surface area (Å²) in [5, 5.41) is 12.3. The monoisotopic (exact) mass is 561 g/mol. The van der Waals surface area contributed by atoms with Crippen molar-refractivity contribution >= 4 is 11.9 Å². The molecule has 0 saturated carbocycles. The second-order valence-electron chi connectivity index (χ2n) is 10.6. The van der Waals surface area contributed by atoms with Gasteiger partial charge in [0.1, 0.15) is 11.6 Å². The third-order valence-electron chi connectivity index (χ3n) is 6.48. The predicted molar refractivity (Wildman–Crippen MR) is 148 cm³/mol. The first-order valence-corrected chi connectivity index (χ1v) is 13.3. The number of alkyl halides is 2. The van der Waals surface area contributed by atoms with Crippen LogP contribution in [0.3, 0.4) is 0 Å². The summed E-state index contributed by atoms with van der Waals surface area (Å²) in [6.07, 6.45) is 2.10. The van der Waals surface area contributed by atoms with Gasteiger partial charge in [0.15, 0.2) is 5.82 Å². The van der Waals surface area contributed by atoms with E-state index < -0.39 is 11.9 Å². The molecule has 11 heteroatoms. The van der Waals surface area contributed by atoms with Gasteiger partial charge in [-0.25, -0.2) is 13.9 Å². The quantitative estimate of drug-likeness (QED) is 0.370. The zero-order chi connectivity index (χ0) is 29.4. The molecule has 1 aliphatic heterocycles. The average Bonchev–Trinajstić information content (AvgIpc) is 3.29. The van der Waals surface area contributed by atoms with E-state index >= 15 is 0 Å². The van der Waals surface area contributed by atoms with Crippen molar-refractivity contribution in [2.75, 3.05) is 31.6 Å². The number of nitrogens with zero attached hydrogens (tertiary/aromatic N) is 5. The summed E-state index contributed by atoms with van der Waals surface area (Å²) < 4.78 is 43.6. The Bertz CT molecular complexity index is 1220. The zero-order valence-corrected chi connectivity index (χ0v) is 23.6. The highest BCUT2D eigenvalue weighted by Crippen LogP contribution is 2.27. The largest absolute Gasteiger partial charge is 0.493 e. The van der Waals surface area contributed by atoms with Gasteiger partial charge >= 0.3 is 11.9 Å². The number of hydrogen-bond acceptors (Lipinski definition) is 6. The second-order valence-corrected chi connectivity index (χ2v) is 10.6. The lowest BCUT2D eigenvalue weighted by molar-refractivity contribution is -0.161. The van der Waals surface area contributed by atoms with Crippen molar-refractivity contribution in [3.05, 3.63) is 59.9 Å². The van der Waals surface area contributed by atoms with E-state index in [1.54, 1.807) is 0 Å². The van der Waals surface area contributed by atoms with Gasteiger partial charge in [0, 0.05) is 32.1 Å². The smallest absolute Gasteiger partial charge is 0.374 e. The highest BCUT2D eigenvalue weighted by Gasteiger charge is 2.31. The molecule has 218 valence electrons. The number of aryl methyl sites for hydroxylation is 1. The van der Waals surface area contributed by atoms with Crippen LogP contribution in [0, 0.1) is 11.7 Å². The van der Waals surface area contributed by atoms with Crippen LogP contribution in [0.2, 0.25) is 0 Å². The van der Waals surface area contributed by atoms with E-state index in [-0.39, 0.29) is 5.82 Å². The Labute approximate surface area is 233 Å². The predicted octanol–water partition coefficient (Wildman–Crippen LogP) is 5.48. The van der Waals surface area contributed by atoms with Crippen LogP contribution in [-0.2, 0) is 18.4 Å². The Hall–Kier alpha value is -3.60. The van der Waals surface area contributed by atoms with Crippen LogP contribution in [0.25, 0.3) is 11.4 Å². The number of piperidine rings is 1. The van der Waals surface area contributed by atoms with Crippen LogP contribution in [0.5, 0.6) is 5.75 Å². The lowest BCUT2D eigenvalue weighted by Crippen LogP contribution is -2.44. The third-order valence-corrected chi connectivity index (χ3v) is 6.48. The highest BCUT2D eigenvalue weighted by molar-refractivity contribution is 5.74. The topological polar surface area (TPSA) is 83.7 Å². The van der Waals surface area contributed by atoms with E-state index in [2.05, 4.69) is 30.7 Å². The lowest BCUT2D eigenvalue weighted by atomic mass is 10.0. The van der Waals surface area contributed by atoms with Gasteiger partial charge in [-0.2, -0.15) is 13.8 Å². The molecule has 0 aliphatic carbocycles. The fourth-order valence-corrected chi connectivity index (χ4v) is 4.16. The van der Waals surface area contributed by atoms with Crippen molar-refractivity contribution in [3.63, 3.8) is 0 Å². The SMILES string of the molecule is CC(C)COc1ccc(-c2nc(N(Cc3ccc(F)cc3)C3CCN(C)CC3)nn2C)cc1.CC(F)(F)C(=O)O. The maximum atomic E-state index is 13.4. The van der Waals surface area contributed by atoms with E-state index in [9.17, 15) is 18.0 Å². The van der Waals surface area contributed by atoms with Crippen LogP contribution < -0.4 is 9.64 Å². The van der Waals surface area contributed by atoms with Crippen LogP contribution in [-0.4, -0.2) is 69.4 Å². The van der Waals surface area contributed by atoms with Crippen LogP contribution in [0.1, 0.15) is 39.2 Å². The summed E-state index contributed by atoms with van der Waals surface area (Å²) in [5.41, 5.74) is 2.05. The van der Waals surface area contributed by atoms with Gasteiger partial charge in [-0.15, -0.1) is 5.10 Å². The van der Waals surface area contributed by atoms with Crippen molar-refractivity contribution in [2.24, 2.45) is 13.0 Å². The molecule has 3 aromatic rings. The maximum absolute atomic E-state index is 13.4.